The van der Waals surface area contributed by atoms with Gasteiger partial charge in [0, 0.05) is 10.4 Å². The van der Waals surface area contributed by atoms with Crippen LogP contribution in [0.25, 0.3) is 0 Å². The quantitative estimate of drug-likeness (QED) is 0.688. The summed E-state index contributed by atoms with van der Waals surface area (Å²) in [5.41, 5.74) is 2.54. The van der Waals surface area contributed by atoms with Gasteiger partial charge >= 0.3 is 0 Å². The number of benzene rings is 1. The van der Waals surface area contributed by atoms with E-state index >= 15 is 0 Å². The summed E-state index contributed by atoms with van der Waals surface area (Å²) in [5, 5.41) is 0. The van der Waals surface area contributed by atoms with E-state index in [2.05, 4.69) is 22.0 Å². The van der Waals surface area contributed by atoms with Crippen molar-refractivity contribution in [2.75, 3.05) is 0 Å². The molecule has 1 nitrogen and oxygen atoms in total. The minimum atomic E-state index is 0.110. The fourth-order valence-electron chi connectivity index (χ4n) is 2.01. The SMILES string of the molecule is O=CC1CCCc2cccc(Br)c21. The minimum absolute atomic E-state index is 0.110. The molecule has 0 heterocycles. The lowest BCUT2D eigenvalue weighted by Crippen LogP contribution is -2.11. The van der Waals surface area contributed by atoms with Gasteiger partial charge in [-0.1, -0.05) is 28.1 Å². The van der Waals surface area contributed by atoms with Gasteiger partial charge in [0.1, 0.15) is 6.29 Å². The van der Waals surface area contributed by atoms with Crippen molar-refractivity contribution >= 4 is 22.2 Å². The summed E-state index contributed by atoms with van der Waals surface area (Å²) in [6.45, 7) is 0. The Morgan fingerprint density at radius 3 is 3.08 bits per heavy atom. The van der Waals surface area contributed by atoms with Crippen LogP contribution in [-0.4, -0.2) is 6.29 Å². The Bertz CT molecular complexity index is 333. The number of carbonyl (C=O) groups excluding carboxylic acids is 1. The third kappa shape index (κ3) is 1.55. The van der Waals surface area contributed by atoms with Gasteiger partial charge in [-0.3, -0.25) is 0 Å². The monoisotopic (exact) mass is 238 g/mol. The lowest BCUT2D eigenvalue weighted by atomic mass is 9.84. The summed E-state index contributed by atoms with van der Waals surface area (Å²) in [6.07, 6.45) is 4.31. The number of fused-ring (bicyclic) bond motifs is 1. The second-order valence-corrected chi connectivity index (χ2v) is 4.30. The second-order valence-electron chi connectivity index (χ2n) is 3.45. The standard InChI is InChI=1S/C11H11BrO/c12-10-6-2-4-8-3-1-5-9(7-13)11(8)10/h2,4,6-7,9H,1,3,5H2. The Hall–Kier alpha value is -0.630. The lowest BCUT2D eigenvalue weighted by molar-refractivity contribution is -0.109. The fourth-order valence-corrected chi connectivity index (χ4v) is 2.71. The van der Waals surface area contributed by atoms with Crippen LogP contribution in [0.4, 0.5) is 0 Å². The average molecular weight is 239 g/mol. The van der Waals surface area contributed by atoms with Gasteiger partial charge in [-0.2, -0.15) is 0 Å². The number of hydrogen-bond donors (Lipinski definition) is 0. The molecule has 0 amide bonds. The highest BCUT2D eigenvalue weighted by Gasteiger charge is 2.21. The van der Waals surface area contributed by atoms with Gasteiger partial charge in [-0.05, 0) is 36.5 Å². The molecule has 68 valence electrons. The fraction of sp³-hybridized carbons (Fsp3) is 0.364. The Balaban J connectivity index is 2.53. The van der Waals surface area contributed by atoms with Crippen LogP contribution in [0.5, 0.6) is 0 Å². The normalized spacial score (nSPS) is 20.8. The van der Waals surface area contributed by atoms with Crippen LogP contribution in [0.15, 0.2) is 22.7 Å². The molecule has 0 N–H and O–H groups in total. The first-order valence-electron chi connectivity index (χ1n) is 4.55. The maximum atomic E-state index is 10.9. The van der Waals surface area contributed by atoms with Crippen LogP contribution in [0.1, 0.15) is 29.9 Å². The molecule has 0 saturated carbocycles. The highest BCUT2D eigenvalue weighted by molar-refractivity contribution is 9.10. The summed E-state index contributed by atoms with van der Waals surface area (Å²) < 4.78 is 1.09. The van der Waals surface area contributed by atoms with E-state index in [1.165, 1.54) is 11.1 Å². The molecule has 1 aliphatic carbocycles. The Morgan fingerprint density at radius 2 is 2.31 bits per heavy atom. The second kappa shape index (κ2) is 3.62. The van der Waals surface area contributed by atoms with Gasteiger partial charge in [0.15, 0.2) is 0 Å². The molecule has 0 radical (unpaired) electrons. The Kier molecular flexibility index (Phi) is 2.49. The minimum Gasteiger partial charge on any atom is -0.303 e. The summed E-state index contributed by atoms with van der Waals surface area (Å²) >= 11 is 3.50. The van der Waals surface area contributed by atoms with Crippen molar-refractivity contribution in [3.8, 4) is 0 Å². The molecule has 1 aromatic carbocycles. The number of aryl methyl sites for hydroxylation is 1. The van der Waals surface area contributed by atoms with Crippen LogP contribution >= 0.6 is 15.9 Å². The first kappa shape index (κ1) is 8.95. The van der Waals surface area contributed by atoms with Gasteiger partial charge in [-0.15, -0.1) is 0 Å². The van der Waals surface area contributed by atoms with E-state index in [4.69, 9.17) is 0 Å². The maximum Gasteiger partial charge on any atom is 0.127 e. The number of carbonyl (C=O) groups is 1. The number of rotatable bonds is 1. The highest BCUT2D eigenvalue weighted by atomic mass is 79.9. The van der Waals surface area contributed by atoms with E-state index in [1.54, 1.807) is 0 Å². The van der Waals surface area contributed by atoms with Crippen LogP contribution in [0.3, 0.4) is 0 Å². The van der Waals surface area contributed by atoms with Crippen molar-refractivity contribution in [2.24, 2.45) is 0 Å². The lowest BCUT2D eigenvalue weighted by Gasteiger charge is -2.22. The zero-order chi connectivity index (χ0) is 9.26. The zero-order valence-electron chi connectivity index (χ0n) is 7.29. The summed E-state index contributed by atoms with van der Waals surface area (Å²) in [7, 11) is 0. The maximum absolute atomic E-state index is 10.9. The van der Waals surface area contributed by atoms with Crippen LogP contribution in [0.2, 0.25) is 0 Å². The van der Waals surface area contributed by atoms with E-state index in [1.807, 2.05) is 12.1 Å². The van der Waals surface area contributed by atoms with Crippen LogP contribution in [0, 0.1) is 0 Å². The topological polar surface area (TPSA) is 17.1 Å². The molecule has 0 spiro atoms. The van der Waals surface area contributed by atoms with Crippen molar-refractivity contribution < 1.29 is 4.79 Å². The van der Waals surface area contributed by atoms with Gasteiger partial charge in [0.2, 0.25) is 0 Å². The van der Waals surface area contributed by atoms with E-state index in [0.717, 1.165) is 30.0 Å². The Morgan fingerprint density at radius 1 is 1.46 bits per heavy atom. The predicted octanol–water partition coefficient (Wildman–Crippen LogP) is 3.07. The third-order valence-electron chi connectivity index (χ3n) is 2.64. The summed E-state index contributed by atoms with van der Waals surface area (Å²) in [4.78, 5) is 10.9. The van der Waals surface area contributed by atoms with E-state index < -0.39 is 0 Å². The number of hydrogen-bond acceptors (Lipinski definition) is 1. The van der Waals surface area contributed by atoms with Crippen molar-refractivity contribution in [1.29, 1.82) is 0 Å². The number of halogens is 1. The molecule has 1 atom stereocenters. The molecule has 13 heavy (non-hydrogen) atoms. The summed E-state index contributed by atoms with van der Waals surface area (Å²) in [6, 6.07) is 6.17. The van der Waals surface area contributed by atoms with E-state index in [0.29, 0.717) is 0 Å². The largest absolute Gasteiger partial charge is 0.303 e. The van der Waals surface area contributed by atoms with Crippen molar-refractivity contribution in [1.82, 2.24) is 0 Å². The van der Waals surface area contributed by atoms with Gasteiger partial charge < -0.3 is 4.79 Å². The molecule has 0 bridgehead atoms. The first-order chi connectivity index (χ1) is 6.33. The molecule has 2 heteroatoms. The van der Waals surface area contributed by atoms with Gasteiger partial charge in [-0.25, -0.2) is 0 Å². The molecule has 1 aliphatic rings. The molecule has 1 unspecified atom stereocenters. The van der Waals surface area contributed by atoms with Crippen LogP contribution < -0.4 is 0 Å². The molecule has 0 saturated heterocycles. The molecular weight excluding hydrogens is 228 g/mol. The van der Waals surface area contributed by atoms with Crippen molar-refractivity contribution in [2.45, 2.75) is 25.2 Å². The predicted molar refractivity (Wildman–Crippen MR) is 55.9 cm³/mol. The van der Waals surface area contributed by atoms with Crippen LogP contribution in [-0.2, 0) is 11.2 Å². The molecule has 0 fully saturated rings. The average Bonchev–Trinajstić information content (AvgIpc) is 2.17. The van der Waals surface area contributed by atoms with Crippen molar-refractivity contribution in [3.05, 3.63) is 33.8 Å². The molecule has 0 aromatic heterocycles. The van der Waals surface area contributed by atoms with E-state index in [-0.39, 0.29) is 5.92 Å². The smallest absolute Gasteiger partial charge is 0.127 e. The molecule has 0 aliphatic heterocycles. The van der Waals surface area contributed by atoms with E-state index in [9.17, 15) is 4.79 Å². The molecular formula is C11H11BrO. The Labute approximate surface area is 86.3 Å². The molecule has 2 rings (SSSR count). The summed E-state index contributed by atoms with van der Waals surface area (Å²) in [5.74, 6) is 0.110. The van der Waals surface area contributed by atoms with Gasteiger partial charge in [0.05, 0.1) is 0 Å². The third-order valence-corrected chi connectivity index (χ3v) is 3.33. The highest BCUT2D eigenvalue weighted by Crippen LogP contribution is 2.35. The van der Waals surface area contributed by atoms with Crippen molar-refractivity contribution in [3.63, 3.8) is 0 Å². The zero-order valence-corrected chi connectivity index (χ0v) is 8.88. The van der Waals surface area contributed by atoms with Gasteiger partial charge in [0.25, 0.3) is 0 Å². The first-order valence-corrected chi connectivity index (χ1v) is 5.35. The molecule has 1 aromatic rings. The number of aldehydes is 1.